The third kappa shape index (κ3) is 2.47. The molecule has 0 N–H and O–H groups in total. The Kier molecular flexibility index (Phi) is 3.33. The van der Waals surface area contributed by atoms with Crippen LogP contribution < -0.4 is 0 Å². The van der Waals surface area contributed by atoms with E-state index in [2.05, 4.69) is 25.1 Å². The number of ketones is 1. The van der Waals surface area contributed by atoms with Gasteiger partial charge in [-0.2, -0.15) is 0 Å². The summed E-state index contributed by atoms with van der Waals surface area (Å²) in [5.74, 6) is 0.0607. The summed E-state index contributed by atoms with van der Waals surface area (Å²) in [7, 11) is 0. The van der Waals surface area contributed by atoms with Crippen LogP contribution in [0.2, 0.25) is 5.02 Å². The fourth-order valence-electron chi connectivity index (χ4n) is 2.37. The number of halogens is 1. The van der Waals surface area contributed by atoms with E-state index in [4.69, 9.17) is 11.6 Å². The molecule has 0 aliphatic carbocycles. The van der Waals surface area contributed by atoms with Crippen LogP contribution in [0.1, 0.15) is 15.9 Å². The molecule has 0 aliphatic rings. The first kappa shape index (κ1) is 12.9. The second kappa shape index (κ2) is 5.14. The molecule has 3 rings (SSSR count). The summed E-state index contributed by atoms with van der Waals surface area (Å²) < 4.78 is 1.97. The lowest BCUT2D eigenvalue weighted by atomic mass is 10.1. The van der Waals surface area contributed by atoms with E-state index in [0.717, 1.165) is 10.9 Å². The number of Topliss-reactive ketones (excluding diaryl/α,β-unsaturated/α-hetero) is 1. The van der Waals surface area contributed by atoms with Crippen molar-refractivity contribution in [3.8, 4) is 0 Å². The molecule has 2 aromatic carbocycles. The summed E-state index contributed by atoms with van der Waals surface area (Å²) >= 11 is 5.92. The summed E-state index contributed by atoms with van der Waals surface area (Å²) in [5.41, 5.74) is 2.94. The van der Waals surface area contributed by atoms with E-state index in [-0.39, 0.29) is 5.78 Å². The molecule has 0 aliphatic heterocycles. The minimum atomic E-state index is 0.0607. The second-order valence-corrected chi connectivity index (χ2v) is 5.38. The van der Waals surface area contributed by atoms with Gasteiger partial charge in [0.1, 0.15) is 0 Å². The minimum absolute atomic E-state index is 0.0607. The van der Waals surface area contributed by atoms with Crippen LogP contribution in [0.4, 0.5) is 0 Å². The standard InChI is InChI=1S/C17H14ClNO/c1-12-5-6-16-13(9-12)7-8-19(16)11-17(20)14-3-2-4-15(18)10-14/h2-10H,11H2,1H3. The van der Waals surface area contributed by atoms with Crippen molar-refractivity contribution in [3.63, 3.8) is 0 Å². The number of carbonyl (C=O) groups is 1. The molecule has 0 bridgehead atoms. The molecule has 3 heteroatoms. The molecule has 0 amide bonds. The van der Waals surface area contributed by atoms with Gasteiger partial charge in [0.2, 0.25) is 0 Å². The summed E-state index contributed by atoms with van der Waals surface area (Å²) in [6, 6.07) is 15.3. The topological polar surface area (TPSA) is 22.0 Å². The molecular formula is C17H14ClNO. The number of aryl methyl sites for hydroxylation is 1. The molecule has 1 heterocycles. The van der Waals surface area contributed by atoms with Crippen molar-refractivity contribution >= 4 is 28.3 Å². The molecule has 0 atom stereocenters. The van der Waals surface area contributed by atoms with Gasteiger partial charge in [0, 0.05) is 22.3 Å². The van der Waals surface area contributed by atoms with Crippen LogP contribution in [0, 0.1) is 6.92 Å². The number of benzene rings is 2. The second-order valence-electron chi connectivity index (χ2n) is 4.94. The molecule has 0 radical (unpaired) electrons. The molecule has 0 spiro atoms. The lowest BCUT2D eigenvalue weighted by Crippen LogP contribution is -2.09. The molecule has 2 nitrogen and oxygen atoms in total. The van der Waals surface area contributed by atoms with Crippen LogP contribution in [0.15, 0.2) is 54.7 Å². The fraction of sp³-hybridized carbons (Fsp3) is 0.118. The zero-order valence-corrected chi connectivity index (χ0v) is 11.9. The first-order chi connectivity index (χ1) is 9.63. The summed E-state index contributed by atoms with van der Waals surface area (Å²) in [6.07, 6.45) is 1.95. The summed E-state index contributed by atoms with van der Waals surface area (Å²) in [4.78, 5) is 12.3. The Morgan fingerprint density at radius 3 is 2.80 bits per heavy atom. The average molecular weight is 284 g/mol. The number of fused-ring (bicyclic) bond motifs is 1. The van der Waals surface area contributed by atoms with Crippen molar-refractivity contribution in [2.75, 3.05) is 0 Å². The lowest BCUT2D eigenvalue weighted by Gasteiger charge is -2.05. The predicted octanol–water partition coefficient (Wildman–Crippen LogP) is 4.49. The molecule has 100 valence electrons. The van der Waals surface area contributed by atoms with E-state index >= 15 is 0 Å². The van der Waals surface area contributed by atoms with Crippen molar-refractivity contribution < 1.29 is 4.79 Å². The maximum absolute atomic E-state index is 12.3. The maximum Gasteiger partial charge on any atom is 0.182 e. The highest BCUT2D eigenvalue weighted by Crippen LogP contribution is 2.18. The molecule has 0 saturated carbocycles. The molecule has 0 unspecified atom stereocenters. The van der Waals surface area contributed by atoms with E-state index < -0.39 is 0 Å². The molecule has 0 saturated heterocycles. The Bertz CT molecular complexity index is 789. The van der Waals surface area contributed by atoms with Crippen LogP contribution in [-0.2, 0) is 6.54 Å². The van der Waals surface area contributed by atoms with E-state index in [1.54, 1.807) is 24.3 Å². The third-order valence-corrected chi connectivity index (χ3v) is 3.62. The van der Waals surface area contributed by atoms with Crippen LogP contribution in [-0.4, -0.2) is 10.4 Å². The van der Waals surface area contributed by atoms with Gasteiger partial charge >= 0.3 is 0 Å². The van der Waals surface area contributed by atoms with Gasteiger partial charge in [-0.15, -0.1) is 0 Å². The van der Waals surface area contributed by atoms with Gasteiger partial charge in [0.15, 0.2) is 5.78 Å². The van der Waals surface area contributed by atoms with Crippen molar-refractivity contribution in [2.24, 2.45) is 0 Å². The number of rotatable bonds is 3. The Hall–Kier alpha value is -2.06. The Balaban J connectivity index is 1.91. The smallest absolute Gasteiger partial charge is 0.182 e. The minimum Gasteiger partial charge on any atom is -0.340 e. The molecular weight excluding hydrogens is 270 g/mol. The normalized spacial score (nSPS) is 10.9. The van der Waals surface area contributed by atoms with Gasteiger partial charge in [0.05, 0.1) is 6.54 Å². The monoisotopic (exact) mass is 283 g/mol. The van der Waals surface area contributed by atoms with Crippen molar-refractivity contribution in [2.45, 2.75) is 13.5 Å². The molecule has 3 aromatic rings. The Morgan fingerprint density at radius 2 is 2.00 bits per heavy atom. The quantitative estimate of drug-likeness (QED) is 0.649. The third-order valence-electron chi connectivity index (χ3n) is 3.39. The van der Waals surface area contributed by atoms with Crippen molar-refractivity contribution in [1.82, 2.24) is 4.57 Å². The van der Waals surface area contributed by atoms with Gasteiger partial charge in [0.25, 0.3) is 0 Å². The largest absolute Gasteiger partial charge is 0.340 e. The van der Waals surface area contributed by atoms with Gasteiger partial charge in [-0.05, 0) is 42.6 Å². The predicted molar refractivity (Wildman–Crippen MR) is 82.5 cm³/mol. The van der Waals surface area contributed by atoms with E-state index in [1.165, 1.54) is 5.56 Å². The number of aromatic nitrogens is 1. The highest BCUT2D eigenvalue weighted by atomic mass is 35.5. The maximum atomic E-state index is 12.3. The SMILES string of the molecule is Cc1ccc2c(ccn2CC(=O)c2cccc(Cl)c2)c1. The van der Waals surface area contributed by atoms with Gasteiger partial charge in [-0.25, -0.2) is 0 Å². The Morgan fingerprint density at radius 1 is 1.15 bits per heavy atom. The Labute approximate surface area is 122 Å². The van der Waals surface area contributed by atoms with Gasteiger partial charge in [-0.1, -0.05) is 35.4 Å². The highest BCUT2D eigenvalue weighted by Gasteiger charge is 2.09. The zero-order valence-electron chi connectivity index (χ0n) is 11.1. The summed E-state index contributed by atoms with van der Waals surface area (Å²) in [5, 5.41) is 1.74. The van der Waals surface area contributed by atoms with Crippen molar-refractivity contribution in [3.05, 3.63) is 70.9 Å². The van der Waals surface area contributed by atoms with E-state index in [1.807, 2.05) is 16.8 Å². The van der Waals surface area contributed by atoms with Gasteiger partial charge in [-0.3, -0.25) is 4.79 Å². The molecule has 0 fully saturated rings. The molecule has 1 aromatic heterocycles. The summed E-state index contributed by atoms with van der Waals surface area (Å²) in [6.45, 7) is 2.39. The first-order valence-electron chi connectivity index (χ1n) is 6.48. The van der Waals surface area contributed by atoms with E-state index in [9.17, 15) is 4.79 Å². The zero-order chi connectivity index (χ0) is 14.1. The number of hydrogen-bond donors (Lipinski definition) is 0. The lowest BCUT2D eigenvalue weighted by molar-refractivity contribution is 0.0973. The molecule has 20 heavy (non-hydrogen) atoms. The number of nitrogens with zero attached hydrogens (tertiary/aromatic N) is 1. The van der Waals surface area contributed by atoms with Crippen LogP contribution >= 0.6 is 11.6 Å². The van der Waals surface area contributed by atoms with Crippen LogP contribution in [0.3, 0.4) is 0 Å². The van der Waals surface area contributed by atoms with Crippen molar-refractivity contribution in [1.29, 1.82) is 0 Å². The van der Waals surface area contributed by atoms with Crippen LogP contribution in [0.5, 0.6) is 0 Å². The van der Waals surface area contributed by atoms with Gasteiger partial charge < -0.3 is 4.57 Å². The number of hydrogen-bond acceptors (Lipinski definition) is 1. The van der Waals surface area contributed by atoms with Crippen LogP contribution in [0.25, 0.3) is 10.9 Å². The fourth-order valence-corrected chi connectivity index (χ4v) is 2.56. The highest BCUT2D eigenvalue weighted by molar-refractivity contribution is 6.31. The van der Waals surface area contributed by atoms with E-state index in [0.29, 0.717) is 17.1 Å². The first-order valence-corrected chi connectivity index (χ1v) is 6.85. The number of carbonyl (C=O) groups excluding carboxylic acids is 1. The average Bonchev–Trinajstić information content (AvgIpc) is 2.81.